The fourth-order valence-electron chi connectivity index (χ4n) is 3.17. The fraction of sp³-hybridized carbons (Fsp3) is 0.611. The molecule has 1 heterocycles. The van der Waals surface area contributed by atoms with Gasteiger partial charge in [0.15, 0.2) is 11.6 Å². The minimum atomic E-state index is -0.417. The molecule has 1 aliphatic rings. The van der Waals surface area contributed by atoms with Crippen LogP contribution in [0.2, 0.25) is 0 Å². The van der Waals surface area contributed by atoms with Crippen LogP contribution in [0, 0.1) is 5.82 Å². The van der Waals surface area contributed by atoms with Crippen molar-refractivity contribution in [3.05, 3.63) is 29.6 Å². The predicted octanol–water partition coefficient (Wildman–Crippen LogP) is 2.29. The van der Waals surface area contributed by atoms with Gasteiger partial charge >= 0.3 is 0 Å². The average Bonchev–Trinajstić information content (AvgIpc) is 2.52. The standard InChI is InChI=1S/C18H27FN2O3/c1-12-9-21(10-13(2)24-12)14(3)18(22)20(4)11-15-6-7-17(23-5)16(19)8-15/h6-8,12-14H,9-11H2,1-5H3. The Morgan fingerprint density at radius 1 is 1.42 bits per heavy atom. The van der Waals surface area contributed by atoms with Gasteiger partial charge in [0.1, 0.15) is 0 Å². The Labute approximate surface area is 143 Å². The lowest BCUT2D eigenvalue weighted by Crippen LogP contribution is -2.54. The van der Waals surface area contributed by atoms with Crippen LogP contribution >= 0.6 is 0 Å². The third-order valence-corrected chi connectivity index (χ3v) is 4.37. The Bertz CT molecular complexity index is 571. The van der Waals surface area contributed by atoms with E-state index in [0.717, 1.165) is 18.7 Å². The first kappa shape index (κ1) is 18.7. The molecule has 134 valence electrons. The highest BCUT2D eigenvalue weighted by Gasteiger charge is 2.30. The summed E-state index contributed by atoms with van der Waals surface area (Å²) < 4.78 is 24.4. The van der Waals surface area contributed by atoms with Gasteiger partial charge in [-0.2, -0.15) is 0 Å². The number of amides is 1. The molecule has 3 unspecified atom stereocenters. The van der Waals surface area contributed by atoms with Gasteiger partial charge in [0.2, 0.25) is 5.91 Å². The summed E-state index contributed by atoms with van der Waals surface area (Å²) in [5.41, 5.74) is 0.736. The SMILES string of the molecule is COc1ccc(CN(C)C(=O)C(C)N2CC(C)OC(C)C2)cc1F. The normalized spacial score (nSPS) is 22.9. The molecular weight excluding hydrogens is 311 g/mol. The number of rotatable bonds is 5. The molecule has 0 saturated carbocycles. The van der Waals surface area contributed by atoms with Crippen molar-refractivity contribution in [2.24, 2.45) is 0 Å². The molecule has 1 amide bonds. The van der Waals surface area contributed by atoms with E-state index in [2.05, 4.69) is 4.90 Å². The van der Waals surface area contributed by atoms with Crippen LogP contribution in [0.4, 0.5) is 4.39 Å². The topological polar surface area (TPSA) is 42.0 Å². The lowest BCUT2D eigenvalue weighted by molar-refractivity contribution is -0.141. The van der Waals surface area contributed by atoms with Gasteiger partial charge in [0.05, 0.1) is 25.4 Å². The number of carbonyl (C=O) groups is 1. The van der Waals surface area contributed by atoms with E-state index in [1.54, 1.807) is 24.1 Å². The minimum Gasteiger partial charge on any atom is -0.494 e. The molecule has 1 aromatic carbocycles. The van der Waals surface area contributed by atoms with E-state index in [9.17, 15) is 9.18 Å². The van der Waals surface area contributed by atoms with E-state index in [1.807, 2.05) is 20.8 Å². The van der Waals surface area contributed by atoms with Gasteiger partial charge in [0, 0.05) is 26.7 Å². The van der Waals surface area contributed by atoms with Crippen molar-refractivity contribution in [1.82, 2.24) is 9.80 Å². The number of nitrogens with zero attached hydrogens (tertiary/aromatic N) is 2. The molecule has 1 aliphatic heterocycles. The van der Waals surface area contributed by atoms with Crippen molar-refractivity contribution >= 4 is 5.91 Å². The third kappa shape index (κ3) is 4.45. The summed E-state index contributed by atoms with van der Waals surface area (Å²) in [6.45, 7) is 7.79. The minimum absolute atomic E-state index is 0.0209. The van der Waals surface area contributed by atoms with Gasteiger partial charge in [-0.15, -0.1) is 0 Å². The van der Waals surface area contributed by atoms with Crippen LogP contribution in [0.15, 0.2) is 18.2 Å². The molecule has 2 rings (SSSR count). The van der Waals surface area contributed by atoms with E-state index in [1.165, 1.54) is 13.2 Å². The highest BCUT2D eigenvalue weighted by Crippen LogP contribution is 2.19. The number of likely N-dealkylation sites (N-methyl/N-ethyl adjacent to an activating group) is 1. The third-order valence-electron chi connectivity index (χ3n) is 4.37. The highest BCUT2D eigenvalue weighted by molar-refractivity contribution is 5.81. The Balaban J connectivity index is 1.99. The van der Waals surface area contributed by atoms with Crippen LogP contribution in [0.1, 0.15) is 26.3 Å². The Morgan fingerprint density at radius 3 is 2.58 bits per heavy atom. The summed E-state index contributed by atoms with van der Waals surface area (Å²) in [5, 5.41) is 0. The second-order valence-corrected chi connectivity index (χ2v) is 6.55. The van der Waals surface area contributed by atoms with Crippen molar-refractivity contribution in [2.45, 2.75) is 45.6 Å². The largest absolute Gasteiger partial charge is 0.494 e. The van der Waals surface area contributed by atoms with E-state index in [0.29, 0.717) is 6.54 Å². The van der Waals surface area contributed by atoms with Crippen LogP contribution < -0.4 is 4.74 Å². The van der Waals surface area contributed by atoms with E-state index in [4.69, 9.17) is 9.47 Å². The maximum atomic E-state index is 13.8. The van der Waals surface area contributed by atoms with Crippen LogP contribution in [0.3, 0.4) is 0 Å². The molecule has 24 heavy (non-hydrogen) atoms. The molecule has 0 bridgehead atoms. The van der Waals surface area contributed by atoms with Crippen molar-refractivity contribution < 1.29 is 18.7 Å². The van der Waals surface area contributed by atoms with Crippen LogP contribution in [0.25, 0.3) is 0 Å². The second kappa shape index (κ2) is 7.94. The van der Waals surface area contributed by atoms with Crippen LogP contribution in [-0.2, 0) is 16.1 Å². The van der Waals surface area contributed by atoms with Gasteiger partial charge in [-0.25, -0.2) is 4.39 Å². The van der Waals surface area contributed by atoms with Gasteiger partial charge in [-0.05, 0) is 38.5 Å². The molecule has 1 fully saturated rings. The smallest absolute Gasteiger partial charge is 0.239 e. The van der Waals surface area contributed by atoms with Gasteiger partial charge in [-0.1, -0.05) is 6.07 Å². The summed E-state index contributed by atoms with van der Waals surface area (Å²) in [6.07, 6.45) is 0.231. The first-order valence-corrected chi connectivity index (χ1v) is 8.28. The van der Waals surface area contributed by atoms with E-state index < -0.39 is 5.82 Å². The number of benzene rings is 1. The quantitative estimate of drug-likeness (QED) is 0.826. The summed E-state index contributed by atoms with van der Waals surface area (Å²) in [5.74, 6) is -0.190. The van der Waals surface area contributed by atoms with Gasteiger partial charge < -0.3 is 14.4 Å². The zero-order valence-electron chi connectivity index (χ0n) is 15.1. The predicted molar refractivity (Wildman–Crippen MR) is 90.5 cm³/mol. The number of ether oxygens (including phenoxy) is 2. The molecule has 3 atom stereocenters. The molecule has 1 aromatic rings. The molecule has 6 heteroatoms. The van der Waals surface area contributed by atoms with E-state index >= 15 is 0 Å². The van der Waals surface area contributed by atoms with E-state index in [-0.39, 0.29) is 29.9 Å². The molecule has 0 spiro atoms. The van der Waals surface area contributed by atoms with Crippen LogP contribution in [-0.4, -0.2) is 61.2 Å². The van der Waals surface area contributed by atoms with Crippen LogP contribution in [0.5, 0.6) is 5.75 Å². The molecule has 0 radical (unpaired) electrons. The number of halogens is 1. The summed E-state index contributed by atoms with van der Waals surface area (Å²) in [6, 6.07) is 4.53. The maximum Gasteiger partial charge on any atom is 0.239 e. The lowest BCUT2D eigenvalue weighted by atomic mass is 10.1. The average molecular weight is 338 g/mol. The Kier molecular flexibility index (Phi) is 6.18. The molecule has 0 N–H and O–H groups in total. The molecular formula is C18H27FN2O3. The van der Waals surface area contributed by atoms with Crippen molar-refractivity contribution in [1.29, 1.82) is 0 Å². The number of methoxy groups -OCH3 is 1. The zero-order valence-corrected chi connectivity index (χ0v) is 15.1. The maximum absolute atomic E-state index is 13.8. The first-order chi connectivity index (χ1) is 11.3. The Morgan fingerprint density at radius 2 is 2.04 bits per heavy atom. The highest BCUT2D eigenvalue weighted by atomic mass is 19.1. The first-order valence-electron chi connectivity index (χ1n) is 8.28. The number of hydrogen-bond donors (Lipinski definition) is 0. The zero-order chi connectivity index (χ0) is 17.9. The number of morpholine rings is 1. The van der Waals surface area contributed by atoms with Crippen molar-refractivity contribution in [2.75, 3.05) is 27.2 Å². The summed E-state index contributed by atoms with van der Waals surface area (Å²) in [7, 11) is 3.17. The monoisotopic (exact) mass is 338 g/mol. The van der Waals surface area contributed by atoms with Gasteiger partial charge in [-0.3, -0.25) is 9.69 Å². The van der Waals surface area contributed by atoms with Crippen molar-refractivity contribution in [3.63, 3.8) is 0 Å². The lowest BCUT2D eigenvalue weighted by Gasteiger charge is -2.39. The summed E-state index contributed by atoms with van der Waals surface area (Å²) >= 11 is 0. The Hall–Kier alpha value is -1.66. The van der Waals surface area contributed by atoms with Crippen molar-refractivity contribution in [3.8, 4) is 5.75 Å². The van der Waals surface area contributed by atoms with Gasteiger partial charge in [0.25, 0.3) is 0 Å². The molecule has 0 aliphatic carbocycles. The molecule has 5 nitrogen and oxygen atoms in total. The summed E-state index contributed by atoms with van der Waals surface area (Å²) in [4.78, 5) is 16.5. The molecule has 0 aromatic heterocycles. The number of hydrogen-bond acceptors (Lipinski definition) is 4. The second-order valence-electron chi connectivity index (χ2n) is 6.55. The molecule has 1 saturated heterocycles. The number of carbonyl (C=O) groups excluding carboxylic acids is 1. The fourth-order valence-corrected chi connectivity index (χ4v) is 3.17.